The molecular formula is C31H21N2OP. The van der Waals surface area contributed by atoms with Gasteiger partial charge >= 0.3 is 0 Å². The molecule has 7 rings (SSSR count). The number of benzene rings is 5. The number of fused-ring (bicyclic) bond motifs is 8. The van der Waals surface area contributed by atoms with E-state index < -0.39 is 7.14 Å². The lowest BCUT2D eigenvalue weighted by Crippen LogP contribution is -2.24. The molecule has 0 radical (unpaired) electrons. The predicted molar refractivity (Wildman–Crippen MR) is 147 cm³/mol. The van der Waals surface area contributed by atoms with E-state index in [2.05, 4.69) is 59.0 Å². The van der Waals surface area contributed by atoms with Gasteiger partial charge in [-0.1, -0.05) is 103 Å². The van der Waals surface area contributed by atoms with Gasteiger partial charge in [-0.25, -0.2) is 4.98 Å². The third-order valence-corrected chi connectivity index (χ3v) is 9.90. The highest BCUT2D eigenvalue weighted by Crippen LogP contribution is 2.43. The molecule has 0 bridgehead atoms. The van der Waals surface area contributed by atoms with E-state index in [4.69, 9.17) is 4.98 Å². The highest BCUT2D eigenvalue weighted by Gasteiger charge is 2.30. The van der Waals surface area contributed by atoms with E-state index in [0.717, 1.165) is 43.5 Å². The van der Waals surface area contributed by atoms with E-state index in [1.807, 2.05) is 72.8 Å². The first-order valence-corrected chi connectivity index (χ1v) is 13.4. The quantitative estimate of drug-likeness (QED) is 0.221. The molecule has 0 saturated carbocycles. The molecule has 0 amide bonds. The molecule has 4 heteroatoms. The number of para-hydroxylation sites is 1. The van der Waals surface area contributed by atoms with Crippen molar-refractivity contribution in [3.05, 3.63) is 127 Å². The van der Waals surface area contributed by atoms with E-state index in [0.29, 0.717) is 0 Å². The van der Waals surface area contributed by atoms with Gasteiger partial charge in [-0.15, -0.1) is 0 Å². The van der Waals surface area contributed by atoms with Crippen LogP contribution in [0.1, 0.15) is 0 Å². The van der Waals surface area contributed by atoms with Crippen LogP contribution in [0, 0.1) is 0 Å². The molecule has 0 fully saturated rings. The zero-order valence-corrected chi connectivity index (χ0v) is 19.8. The summed E-state index contributed by atoms with van der Waals surface area (Å²) in [7, 11) is -3.08. The molecule has 0 aliphatic rings. The fourth-order valence-corrected chi connectivity index (χ4v) is 7.88. The summed E-state index contributed by atoms with van der Waals surface area (Å²) >= 11 is 0. The van der Waals surface area contributed by atoms with Crippen molar-refractivity contribution in [1.82, 2.24) is 9.38 Å². The molecule has 0 aliphatic heterocycles. The second kappa shape index (κ2) is 7.66. The second-order valence-corrected chi connectivity index (χ2v) is 11.6. The summed E-state index contributed by atoms with van der Waals surface area (Å²) < 4.78 is 17.2. The van der Waals surface area contributed by atoms with Crippen LogP contribution in [-0.2, 0) is 4.57 Å². The normalized spacial score (nSPS) is 12.1. The van der Waals surface area contributed by atoms with Crippen molar-refractivity contribution < 1.29 is 4.57 Å². The Morgan fingerprint density at radius 2 is 1.09 bits per heavy atom. The summed E-state index contributed by atoms with van der Waals surface area (Å²) in [6.07, 6.45) is 0. The molecule has 0 atom stereocenters. The van der Waals surface area contributed by atoms with Gasteiger partial charge in [-0.3, -0.25) is 4.40 Å². The predicted octanol–water partition coefficient (Wildman–Crippen LogP) is 6.43. The minimum atomic E-state index is -3.08. The van der Waals surface area contributed by atoms with Gasteiger partial charge in [0.2, 0.25) is 0 Å². The van der Waals surface area contributed by atoms with Crippen LogP contribution >= 0.6 is 7.14 Å². The van der Waals surface area contributed by atoms with E-state index in [1.165, 1.54) is 10.8 Å². The summed E-state index contributed by atoms with van der Waals surface area (Å²) in [5.41, 5.74) is 3.87. The SMILES string of the molecule is O=P(c1ccccc1)(c1ccccc1)c1ccc2nc3c4ccccc4c4ccccc4n3c2c1. The zero-order chi connectivity index (χ0) is 23.4. The smallest absolute Gasteiger partial charge is 0.171 e. The summed E-state index contributed by atoms with van der Waals surface area (Å²) in [6, 6.07) is 42.5. The average molecular weight is 468 g/mol. The molecule has 5 aromatic carbocycles. The molecular weight excluding hydrogens is 447 g/mol. The zero-order valence-electron chi connectivity index (χ0n) is 18.9. The summed E-state index contributed by atoms with van der Waals surface area (Å²) in [5.74, 6) is 0. The van der Waals surface area contributed by atoms with Crippen molar-refractivity contribution in [2.24, 2.45) is 0 Å². The van der Waals surface area contributed by atoms with Crippen LogP contribution in [0.5, 0.6) is 0 Å². The van der Waals surface area contributed by atoms with Crippen LogP contribution < -0.4 is 15.9 Å². The molecule has 166 valence electrons. The number of imidazole rings is 1. The highest BCUT2D eigenvalue weighted by molar-refractivity contribution is 7.85. The van der Waals surface area contributed by atoms with Gasteiger partial charge in [0, 0.05) is 26.7 Å². The molecule has 2 heterocycles. The third-order valence-electron chi connectivity index (χ3n) is 6.84. The first-order valence-electron chi connectivity index (χ1n) is 11.7. The molecule has 0 spiro atoms. The van der Waals surface area contributed by atoms with Crippen LogP contribution in [0.2, 0.25) is 0 Å². The maximum Gasteiger partial charge on any atom is 0.171 e. The highest BCUT2D eigenvalue weighted by atomic mass is 31.2. The fraction of sp³-hybridized carbons (Fsp3) is 0. The lowest BCUT2D eigenvalue weighted by Gasteiger charge is -2.20. The van der Waals surface area contributed by atoms with Gasteiger partial charge in [0.1, 0.15) is 5.65 Å². The number of hydrogen-bond donors (Lipinski definition) is 0. The van der Waals surface area contributed by atoms with Gasteiger partial charge in [0.15, 0.2) is 7.14 Å². The molecule has 7 aromatic rings. The lowest BCUT2D eigenvalue weighted by molar-refractivity contribution is 0.592. The summed E-state index contributed by atoms with van der Waals surface area (Å²) in [4.78, 5) is 5.04. The van der Waals surface area contributed by atoms with Crippen LogP contribution in [0.4, 0.5) is 0 Å². The molecule has 35 heavy (non-hydrogen) atoms. The van der Waals surface area contributed by atoms with Crippen LogP contribution in [0.3, 0.4) is 0 Å². The Labute approximate surface area is 202 Å². The van der Waals surface area contributed by atoms with Crippen molar-refractivity contribution in [1.29, 1.82) is 0 Å². The minimum Gasteiger partial charge on any atom is -0.309 e. The first-order chi connectivity index (χ1) is 17.2. The van der Waals surface area contributed by atoms with Gasteiger partial charge in [0.25, 0.3) is 0 Å². The van der Waals surface area contributed by atoms with E-state index in [9.17, 15) is 4.57 Å². The average Bonchev–Trinajstić information content (AvgIpc) is 3.33. The third kappa shape index (κ3) is 2.92. The Balaban J connectivity index is 1.61. The topological polar surface area (TPSA) is 34.4 Å². The van der Waals surface area contributed by atoms with Crippen molar-refractivity contribution in [3.8, 4) is 0 Å². The Morgan fingerprint density at radius 1 is 0.514 bits per heavy atom. The Kier molecular flexibility index (Phi) is 4.42. The molecule has 0 saturated heterocycles. The maximum absolute atomic E-state index is 15.0. The fourth-order valence-electron chi connectivity index (χ4n) is 5.22. The number of hydrogen-bond acceptors (Lipinski definition) is 2. The van der Waals surface area contributed by atoms with Crippen LogP contribution in [-0.4, -0.2) is 9.38 Å². The first kappa shape index (κ1) is 20.2. The van der Waals surface area contributed by atoms with Gasteiger partial charge in [-0.05, 0) is 29.7 Å². The summed E-state index contributed by atoms with van der Waals surface area (Å²) in [6.45, 7) is 0. The number of rotatable bonds is 3. The number of aromatic nitrogens is 2. The van der Waals surface area contributed by atoms with Crippen LogP contribution in [0.15, 0.2) is 127 Å². The van der Waals surface area contributed by atoms with E-state index in [-0.39, 0.29) is 0 Å². The summed E-state index contributed by atoms with van der Waals surface area (Å²) in [5, 5.41) is 5.93. The van der Waals surface area contributed by atoms with Crippen molar-refractivity contribution >= 4 is 61.4 Å². The Hall–Kier alpha value is -4.20. The number of pyridine rings is 1. The van der Waals surface area contributed by atoms with Gasteiger partial charge < -0.3 is 4.57 Å². The van der Waals surface area contributed by atoms with Gasteiger partial charge in [-0.2, -0.15) is 0 Å². The molecule has 3 nitrogen and oxygen atoms in total. The minimum absolute atomic E-state index is 0.807. The van der Waals surface area contributed by atoms with Gasteiger partial charge in [0.05, 0.1) is 16.6 Å². The standard InChI is InChI=1S/C31H21N2OP/c34-35(22-11-3-1-4-12-22,23-13-5-2-6-14-23)24-19-20-28-30(21-24)33-29-18-10-9-16-26(29)25-15-7-8-17-27(25)31(33)32-28/h1-21H. The molecule has 2 aromatic heterocycles. The molecule has 0 N–H and O–H groups in total. The van der Waals surface area contributed by atoms with E-state index in [1.54, 1.807) is 0 Å². The molecule has 0 unspecified atom stereocenters. The van der Waals surface area contributed by atoms with E-state index >= 15 is 0 Å². The number of nitrogens with zero attached hydrogens (tertiary/aromatic N) is 2. The Morgan fingerprint density at radius 3 is 1.77 bits per heavy atom. The molecule has 0 aliphatic carbocycles. The van der Waals surface area contributed by atoms with Crippen molar-refractivity contribution in [2.45, 2.75) is 0 Å². The van der Waals surface area contributed by atoms with Crippen molar-refractivity contribution in [2.75, 3.05) is 0 Å². The lowest BCUT2D eigenvalue weighted by atomic mass is 10.1. The second-order valence-electron chi connectivity index (χ2n) is 8.79. The monoisotopic (exact) mass is 468 g/mol. The Bertz CT molecular complexity index is 1880. The largest absolute Gasteiger partial charge is 0.309 e. The van der Waals surface area contributed by atoms with Crippen molar-refractivity contribution in [3.63, 3.8) is 0 Å². The maximum atomic E-state index is 15.0. The van der Waals surface area contributed by atoms with Crippen LogP contribution in [0.25, 0.3) is 38.4 Å².